The van der Waals surface area contributed by atoms with Gasteiger partial charge in [0.25, 0.3) is 0 Å². The van der Waals surface area contributed by atoms with Crippen molar-refractivity contribution in [1.29, 1.82) is 0 Å². The normalized spacial score (nSPS) is 11.1. The second-order valence-electron chi connectivity index (χ2n) is 4.84. The summed E-state index contributed by atoms with van der Waals surface area (Å²) in [6, 6.07) is 12.5. The Labute approximate surface area is 118 Å². The van der Waals surface area contributed by atoms with Crippen LogP contribution in [0.4, 0.5) is 0 Å². The zero-order valence-electron chi connectivity index (χ0n) is 11.6. The van der Waals surface area contributed by atoms with Gasteiger partial charge in [0.1, 0.15) is 0 Å². The standard InChI is InChI=1S/C16H18N4/c1-2-12-3-5-13(6-4-12)15-7-8-16-18-14(9-10-17)11-20(16)19-15/h3-8,11H,2,9-10,17H2,1H3. The maximum atomic E-state index is 5.56. The maximum Gasteiger partial charge on any atom is 0.153 e. The molecule has 102 valence electrons. The summed E-state index contributed by atoms with van der Waals surface area (Å²) >= 11 is 0. The number of rotatable bonds is 4. The van der Waals surface area contributed by atoms with E-state index >= 15 is 0 Å². The summed E-state index contributed by atoms with van der Waals surface area (Å²) < 4.78 is 1.83. The first-order valence-electron chi connectivity index (χ1n) is 6.95. The fraction of sp³-hybridized carbons (Fsp3) is 0.250. The highest BCUT2D eigenvalue weighted by Crippen LogP contribution is 2.18. The molecule has 0 aliphatic heterocycles. The highest BCUT2D eigenvalue weighted by molar-refractivity contribution is 5.60. The van der Waals surface area contributed by atoms with Gasteiger partial charge in [-0.15, -0.1) is 0 Å². The summed E-state index contributed by atoms with van der Waals surface area (Å²) in [7, 11) is 0. The second kappa shape index (κ2) is 5.43. The minimum Gasteiger partial charge on any atom is -0.330 e. The minimum atomic E-state index is 0.606. The van der Waals surface area contributed by atoms with Crippen LogP contribution in [0, 0.1) is 0 Å². The number of aromatic nitrogens is 3. The Kier molecular flexibility index (Phi) is 3.48. The summed E-state index contributed by atoms with van der Waals surface area (Å²) in [5, 5.41) is 4.62. The summed E-state index contributed by atoms with van der Waals surface area (Å²) in [6.45, 7) is 2.76. The van der Waals surface area contributed by atoms with Crippen molar-refractivity contribution in [2.45, 2.75) is 19.8 Å². The van der Waals surface area contributed by atoms with Gasteiger partial charge in [-0.1, -0.05) is 31.2 Å². The van der Waals surface area contributed by atoms with Crippen LogP contribution in [0.2, 0.25) is 0 Å². The van der Waals surface area contributed by atoms with Crippen LogP contribution in [0.3, 0.4) is 0 Å². The molecule has 0 saturated carbocycles. The van der Waals surface area contributed by atoms with E-state index in [4.69, 9.17) is 5.73 Å². The third-order valence-corrected chi connectivity index (χ3v) is 3.43. The number of fused-ring (bicyclic) bond motifs is 1. The fourth-order valence-electron chi connectivity index (χ4n) is 2.26. The summed E-state index contributed by atoms with van der Waals surface area (Å²) in [5.74, 6) is 0. The molecule has 0 fully saturated rings. The van der Waals surface area contributed by atoms with Crippen LogP contribution < -0.4 is 5.73 Å². The molecule has 2 heterocycles. The topological polar surface area (TPSA) is 56.2 Å². The van der Waals surface area contributed by atoms with Gasteiger partial charge in [-0.05, 0) is 30.7 Å². The summed E-state index contributed by atoms with van der Waals surface area (Å²) in [6.07, 6.45) is 3.78. The Balaban J connectivity index is 1.98. The van der Waals surface area contributed by atoms with Crippen molar-refractivity contribution in [2.75, 3.05) is 6.54 Å². The minimum absolute atomic E-state index is 0.606. The molecule has 0 atom stereocenters. The largest absolute Gasteiger partial charge is 0.330 e. The molecule has 0 aliphatic rings. The summed E-state index contributed by atoms with van der Waals surface area (Å²) in [4.78, 5) is 4.49. The third-order valence-electron chi connectivity index (χ3n) is 3.43. The Morgan fingerprint density at radius 1 is 1.10 bits per heavy atom. The van der Waals surface area contributed by atoms with Crippen LogP contribution in [-0.2, 0) is 12.8 Å². The SMILES string of the molecule is CCc1ccc(-c2ccc3nc(CCN)cn3n2)cc1. The molecule has 0 amide bonds. The molecule has 0 aliphatic carbocycles. The van der Waals surface area contributed by atoms with Gasteiger partial charge in [-0.3, -0.25) is 0 Å². The number of imidazole rings is 1. The molecular weight excluding hydrogens is 248 g/mol. The van der Waals surface area contributed by atoms with E-state index in [9.17, 15) is 0 Å². The summed E-state index contributed by atoms with van der Waals surface area (Å²) in [5.41, 5.74) is 10.8. The van der Waals surface area contributed by atoms with Gasteiger partial charge < -0.3 is 5.73 Å². The maximum absolute atomic E-state index is 5.56. The molecular formula is C16H18N4. The van der Waals surface area contributed by atoms with E-state index in [2.05, 4.69) is 41.3 Å². The molecule has 4 nitrogen and oxygen atoms in total. The quantitative estimate of drug-likeness (QED) is 0.789. The number of nitrogens with zero attached hydrogens (tertiary/aromatic N) is 3. The number of nitrogens with two attached hydrogens (primary N) is 1. The highest BCUT2D eigenvalue weighted by atomic mass is 15.2. The Hall–Kier alpha value is -2.20. The molecule has 4 heteroatoms. The molecule has 0 saturated heterocycles. The molecule has 20 heavy (non-hydrogen) atoms. The van der Waals surface area contributed by atoms with E-state index < -0.39 is 0 Å². The van der Waals surface area contributed by atoms with Crippen molar-refractivity contribution in [2.24, 2.45) is 5.73 Å². The van der Waals surface area contributed by atoms with Crippen molar-refractivity contribution in [3.8, 4) is 11.3 Å². The lowest BCUT2D eigenvalue weighted by Crippen LogP contribution is -2.02. The lowest BCUT2D eigenvalue weighted by molar-refractivity contribution is 0.917. The van der Waals surface area contributed by atoms with Crippen LogP contribution in [0.1, 0.15) is 18.2 Å². The predicted octanol–water partition coefficient (Wildman–Crippen LogP) is 2.46. The van der Waals surface area contributed by atoms with Gasteiger partial charge in [0, 0.05) is 12.0 Å². The Morgan fingerprint density at radius 3 is 2.60 bits per heavy atom. The smallest absolute Gasteiger partial charge is 0.153 e. The second-order valence-corrected chi connectivity index (χ2v) is 4.84. The number of hydrogen-bond acceptors (Lipinski definition) is 3. The fourth-order valence-corrected chi connectivity index (χ4v) is 2.26. The van der Waals surface area contributed by atoms with E-state index in [1.165, 1.54) is 5.56 Å². The molecule has 0 unspecified atom stereocenters. The Bertz CT molecular complexity index is 713. The highest BCUT2D eigenvalue weighted by Gasteiger charge is 2.05. The average Bonchev–Trinajstić information content (AvgIpc) is 2.89. The zero-order chi connectivity index (χ0) is 13.9. The molecule has 0 radical (unpaired) electrons. The lowest BCUT2D eigenvalue weighted by Gasteiger charge is -2.02. The first kappa shape index (κ1) is 12.8. The number of aryl methyl sites for hydroxylation is 1. The van der Waals surface area contributed by atoms with Crippen LogP contribution in [0.5, 0.6) is 0 Å². The van der Waals surface area contributed by atoms with Gasteiger partial charge in [-0.2, -0.15) is 5.10 Å². The van der Waals surface area contributed by atoms with Crippen molar-refractivity contribution >= 4 is 5.65 Å². The predicted molar refractivity (Wildman–Crippen MR) is 80.6 cm³/mol. The molecule has 3 aromatic rings. The monoisotopic (exact) mass is 266 g/mol. The van der Waals surface area contributed by atoms with Gasteiger partial charge in [0.2, 0.25) is 0 Å². The Morgan fingerprint density at radius 2 is 1.90 bits per heavy atom. The number of hydrogen-bond donors (Lipinski definition) is 1. The molecule has 2 aromatic heterocycles. The van der Waals surface area contributed by atoms with Crippen LogP contribution in [0.15, 0.2) is 42.6 Å². The van der Waals surface area contributed by atoms with Crippen LogP contribution in [0.25, 0.3) is 16.9 Å². The van der Waals surface area contributed by atoms with Crippen molar-refractivity contribution in [1.82, 2.24) is 14.6 Å². The molecule has 3 rings (SSSR count). The van der Waals surface area contributed by atoms with E-state index in [0.29, 0.717) is 6.54 Å². The molecule has 1 aromatic carbocycles. The van der Waals surface area contributed by atoms with E-state index in [1.54, 1.807) is 0 Å². The number of benzene rings is 1. The van der Waals surface area contributed by atoms with E-state index in [1.807, 2.05) is 22.8 Å². The van der Waals surface area contributed by atoms with Crippen molar-refractivity contribution < 1.29 is 0 Å². The molecule has 2 N–H and O–H groups in total. The third kappa shape index (κ3) is 2.42. The zero-order valence-corrected chi connectivity index (χ0v) is 11.6. The van der Waals surface area contributed by atoms with E-state index in [-0.39, 0.29) is 0 Å². The van der Waals surface area contributed by atoms with Gasteiger partial charge in [0.15, 0.2) is 5.65 Å². The molecule has 0 spiro atoms. The van der Waals surface area contributed by atoms with Gasteiger partial charge >= 0.3 is 0 Å². The van der Waals surface area contributed by atoms with Crippen molar-refractivity contribution in [3.63, 3.8) is 0 Å². The molecule has 0 bridgehead atoms. The first-order chi connectivity index (χ1) is 9.80. The first-order valence-corrected chi connectivity index (χ1v) is 6.95. The van der Waals surface area contributed by atoms with Gasteiger partial charge in [-0.25, -0.2) is 9.50 Å². The average molecular weight is 266 g/mol. The van der Waals surface area contributed by atoms with Crippen LogP contribution in [-0.4, -0.2) is 21.1 Å². The van der Waals surface area contributed by atoms with E-state index in [0.717, 1.165) is 35.4 Å². The van der Waals surface area contributed by atoms with Crippen LogP contribution >= 0.6 is 0 Å². The van der Waals surface area contributed by atoms with Crippen molar-refractivity contribution in [3.05, 3.63) is 53.9 Å². The lowest BCUT2D eigenvalue weighted by atomic mass is 10.1. The van der Waals surface area contributed by atoms with Gasteiger partial charge in [0.05, 0.1) is 17.6 Å².